The number of methoxy groups -OCH3 is 1. The fourth-order valence-electron chi connectivity index (χ4n) is 2.21. The van der Waals surface area contributed by atoms with Crippen molar-refractivity contribution in [2.45, 2.75) is 24.4 Å². The van der Waals surface area contributed by atoms with E-state index in [9.17, 15) is 13.2 Å². The number of nitrogens with one attached hydrogen (secondary N) is 2. The first-order chi connectivity index (χ1) is 11.8. The minimum Gasteiger partial charge on any atom is -0.478 e. The molecule has 136 valence electrons. The Morgan fingerprint density at radius 3 is 2.72 bits per heavy atom. The second-order valence-corrected chi connectivity index (χ2v) is 7.16. The van der Waals surface area contributed by atoms with Crippen molar-refractivity contribution in [2.75, 3.05) is 19.0 Å². The molecule has 0 amide bonds. The lowest BCUT2D eigenvalue weighted by atomic mass is 10.2. The second-order valence-electron chi connectivity index (χ2n) is 5.42. The third-order valence-corrected chi connectivity index (χ3v) is 4.79. The first-order valence-corrected chi connectivity index (χ1v) is 8.96. The maximum Gasteiger partial charge on any atom is 0.335 e. The topological polar surface area (TPSA) is 118 Å². The van der Waals surface area contributed by atoms with Crippen LogP contribution in [-0.2, 0) is 21.3 Å². The lowest BCUT2D eigenvalue weighted by Crippen LogP contribution is -2.27. The summed E-state index contributed by atoms with van der Waals surface area (Å²) in [4.78, 5) is 11.0. The summed E-state index contributed by atoms with van der Waals surface area (Å²) in [7, 11) is -2.42. The molecule has 0 saturated heterocycles. The number of benzene rings is 1. The number of rotatable bonds is 9. The maximum absolute atomic E-state index is 12.6. The van der Waals surface area contributed by atoms with Crippen LogP contribution in [-0.4, -0.2) is 39.3 Å². The molecule has 1 aromatic heterocycles. The minimum atomic E-state index is -3.96. The Balaban J connectivity index is 2.33. The third-order valence-electron chi connectivity index (χ3n) is 3.35. The van der Waals surface area contributed by atoms with Crippen molar-refractivity contribution in [3.63, 3.8) is 0 Å². The van der Waals surface area contributed by atoms with Crippen LogP contribution in [0.1, 0.15) is 23.0 Å². The van der Waals surface area contributed by atoms with Gasteiger partial charge in [-0.2, -0.15) is 0 Å². The Kier molecular flexibility index (Phi) is 6.18. The van der Waals surface area contributed by atoms with E-state index in [1.54, 1.807) is 12.1 Å². The first-order valence-electron chi connectivity index (χ1n) is 7.48. The largest absolute Gasteiger partial charge is 0.478 e. The second kappa shape index (κ2) is 8.15. The molecule has 25 heavy (non-hydrogen) atoms. The Labute approximate surface area is 145 Å². The molecule has 9 heteroatoms. The summed E-state index contributed by atoms with van der Waals surface area (Å²) in [6, 6.07) is 7.01. The molecule has 0 fully saturated rings. The van der Waals surface area contributed by atoms with Crippen molar-refractivity contribution in [3.8, 4) is 0 Å². The molecule has 0 bridgehead atoms. The zero-order chi connectivity index (χ0) is 18.4. The molecule has 0 aliphatic rings. The van der Waals surface area contributed by atoms with Gasteiger partial charge < -0.3 is 19.6 Å². The predicted octanol–water partition coefficient (Wildman–Crippen LogP) is 1.90. The third kappa shape index (κ3) is 5.05. The fourth-order valence-corrected chi connectivity index (χ4v) is 3.40. The summed E-state index contributed by atoms with van der Waals surface area (Å²) in [5, 5.41) is 12.2. The van der Waals surface area contributed by atoms with Gasteiger partial charge in [0.15, 0.2) is 0 Å². The van der Waals surface area contributed by atoms with Gasteiger partial charge in [0.1, 0.15) is 10.7 Å². The van der Waals surface area contributed by atoms with Gasteiger partial charge in [-0.25, -0.2) is 17.9 Å². The highest BCUT2D eigenvalue weighted by molar-refractivity contribution is 7.89. The van der Waals surface area contributed by atoms with Crippen LogP contribution in [0.2, 0.25) is 0 Å². The highest BCUT2D eigenvalue weighted by Gasteiger charge is 2.22. The van der Waals surface area contributed by atoms with Gasteiger partial charge in [0.2, 0.25) is 10.0 Å². The van der Waals surface area contributed by atoms with Gasteiger partial charge in [0, 0.05) is 13.2 Å². The summed E-state index contributed by atoms with van der Waals surface area (Å²) in [6.45, 7) is 2.14. The van der Waals surface area contributed by atoms with Gasteiger partial charge >= 0.3 is 5.97 Å². The van der Waals surface area contributed by atoms with Crippen LogP contribution in [0, 0.1) is 0 Å². The molecule has 8 nitrogen and oxygen atoms in total. The van der Waals surface area contributed by atoms with Gasteiger partial charge in [-0.1, -0.05) is 0 Å². The van der Waals surface area contributed by atoms with Crippen molar-refractivity contribution in [1.82, 2.24) is 4.72 Å². The molecule has 1 aromatic carbocycles. The van der Waals surface area contributed by atoms with Crippen LogP contribution in [0.25, 0.3) is 0 Å². The molecule has 2 aromatic rings. The van der Waals surface area contributed by atoms with E-state index in [2.05, 4.69) is 10.0 Å². The molecule has 1 atom stereocenters. The highest BCUT2D eigenvalue weighted by atomic mass is 32.2. The quantitative estimate of drug-likeness (QED) is 0.619. The zero-order valence-corrected chi connectivity index (χ0v) is 14.7. The molecule has 0 saturated carbocycles. The van der Waals surface area contributed by atoms with Crippen molar-refractivity contribution in [1.29, 1.82) is 0 Å². The lowest BCUT2D eigenvalue weighted by molar-refractivity contribution is 0.0696. The molecule has 0 unspecified atom stereocenters. The average Bonchev–Trinajstić information content (AvgIpc) is 3.07. The molecule has 3 N–H and O–H groups in total. The zero-order valence-electron chi connectivity index (χ0n) is 13.9. The number of sulfonamides is 1. The Bertz CT molecular complexity index is 817. The number of ether oxygens (including phenoxy) is 1. The van der Waals surface area contributed by atoms with E-state index in [-0.39, 0.29) is 23.0 Å². The normalized spacial score (nSPS) is 12.7. The number of hydrogen-bond acceptors (Lipinski definition) is 6. The van der Waals surface area contributed by atoms with Gasteiger partial charge in [0.25, 0.3) is 0 Å². The van der Waals surface area contributed by atoms with Crippen molar-refractivity contribution in [2.24, 2.45) is 0 Å². The molecule has 1 heterocycles. The Hall–Kier alpha value is -2.36. The van der Waals surface area contributed by atoms with Crippen LogP contribution in [0.5, 0.6) is 0 Å². The van der Waals surface area contributed by atoms with E-state index in [1.165, 1.54) is 25.5 Å². The molecular formula is C16H20N2O6S. The van der Waals surface area contributed by atoms with Gasteiger partial charge in [-0.3, -0.25) is 0 Å². The van der Waals surface area contributed by atoms with Crippen LogP contribution in [0.4, 0.5) is 5.69 Å². The maximum atomic E-state index is 12.6. The molecule has 2 rings (SSSR count). The van der Waals surface area contributed by atoms with E-state index in [0.717, 1.165) is 6.07 Å². The summed E-state index contributed by atoms with van der Waals surface area (Å²) >= 11 is 0. The predicted molar refractivity (Wildman–Crippen MR) is 91.1 cm³/mol. The number of hydrogen-bond donors (Lipinski definition) is 3. The number of carboxylic acid groups (broad SMARTS) is 1. The van der Waals surface area contributed by atoms with Crippen LogP contribution in [0.15, 0.2) is 45.9 Å². The monoisotopic (exact) mass is 368 g/mol. The SMILES string of the molecule is COC[C@H](C)Nc1ccc(C(=O)O)cc1S(=O)(=O)NCc1ccco1. The van der Waals surface area contributed by atoms with Crippen LogP contribution < -0.4 is 10.0 Å². The first kappa shape index (κ1) is 19.0. The lowest BCUT2D eigenvalue weighted by Gasteiger charge is -2.18. The van der Waals surface area contributed by atoms with Gasteiger partial charge in [-0.15, -0.1) is 0 Å². The Morgan fingerprint density at radius 2 is 2.12 bits per heavy atom. The van der Waals surface area contributed by atoms with E-state index in [1.807, 2.05) is 6.92 Å². The highest BCUT2D eigenvalue weighted by Crippen LogP contribution is 2.24. The number of carbonyl (C=O) groups is 1. The molecule has 0 radical (unpaired) electrons. The summed E-state index contributed by atoms with van der Waals surface area (Å²) < 4.78 is 37.8. The number of carboxylic acids is 1. The van der Waals surface area contributed by atoms with E-state index >= 15 is 0 Å². The summed E-state index contributed by atoms with van der Waals surface area (Å²) in [5.74, 6) is -0.765. The average molecular weight is 368 g/mol. The number of furan rings is 1. The van der Waals surface area contributed by atoms with Crippen molar-refractivity contribution < 1.29 is 27.5 Å². The smallest absolute Gasteiger partial charge is 0.335 e. The van der Waals surface area contributed by atoms with E-state index in [4.69, 9.17) is 14.3 Å². The summed E-state index contributed by atoms with van der Waals surface area (Å²) in [5.41, 5.74) is 0.171. The van der Waals surface area contributed by atoms with Crippen molar-refractivity contribution in [3.05, 3.63) is 47.9 Å². The van der Waals surface area contributed by atoms with Gasteiger partial charge in [-0.05, 0) is 37.3 Å². The van der Waals surface area contributed by atoms with Gasteiger partial charge in [0.05, 0.1) is 30.7 Å². The van der Waals surface area contributed by atoms with Crippen molar-refractivity contribution >= 4 is 21.7 Å². The number of anilines is 1. The molecule has 0 spiro atoms. The van der Waals surface area contributed by atoms with E-state index < -0.39 is 16.0 Å². The Morgan fingerprint density at radius 1 is 1.36 bits per heavy atom. The fraction of sp³-hybridized carbons (Fsp3) is 0.312. The summed E-state index contributed by atoms with van der Waals surface area (Å²) in [6.07, 6.45) is 1.44. The van der Waals surface area contributed by atoms with Crippen LogP contribution >= 0.6 is 0 Å². The molecule has 0 aliphatic heterocycles. The van der Waals surface area contributed by atoms with Crippen LogP contribution in [0.3, 0.4) is 0 Å². The molecule has 0 aliphatic carbocycles. The number of aromatic carboxylic acids is 1. The van der Waals surface area contributed by atoms with E-state index in [0.29, 0.717) is 18.1 Å². The molecular weight excluding hydrogens is 348 g/mol. The standard InChI is InChI=1S/C16H20N2O6S/c1-11(10-23-2)18-14-6-5-12(16(19)20)8-15(14)25(21,22)17-9-13-4-3-7-24-13/h3-8,11,17-18H,9-10H2,1-2H3,(H,19,20)/t11-/m0/s1. The minimum absolute atomic E-state index is 0.0420.